The Bertz CT molecular complexity index is 999. The normalized spacial score (nSPS) is 12.3. The first-order valence-electron chi connectivity index (χ1n) is 11.0. The van der Waals surface area contributed by atoms with Crippen molar-refractivity contribution in [3.05, 3.63) is 71.5 Å². The van der Waals surface area contributed by atoms with Crippen molar-refractivity contribution in [2.24, 2.45) is 0 Å². The van der Waals surface area contributed by atoms with E-state index in [4.69, 9.17) is 0 Å². The van der Waals surface area contributed by atoms with E-state index < -0.39 is 0 Å². The molecule has 0 radical (unpaired) electrons. The second-order valence-corrected chi connectivity index (χ2v) is 9.36. The zero-order valence-corrected chi connectivity index (χ0v) is 20.4. The summed E-state index contributed by atoms with van der Waals surface area (Å²) in [6.07, 6.45) is 0.928. The Morgan fingerprint density at radius 3 is 2.34 bits per heavy atom. The number of benzene rings is 2. The first-order chi connectivity index (χ1) is 15.4. The first-order valence-corrected chi connectivity index (χ1v) is 12.0. The SMILES string of the molecule is CCC(c1nnc(SCC(=O)Nc2ccc(C(C)C)cc2)n1Cc1ccccc1)N(C)C. The summed E-state index contributed by atoms with van der Waals surface area (Å²) in [6.45, 7) is 7.14. The molecule has 1 atom stereocenters. The molecule has 0 saturated carbocycles. The number of hydrogen-bond donors (Lipinski definition) is 1. The number of rotatable bonds is 10. The van der Waals surface area contributed by atoms with Crippen LogP contribution in [0.15, 0.2) is 59.8 Å². The van der Waals surface area contributed by atoms with E-state index in [-0.39, 0.29) is 17.7 Å². The molecule has 32 heavy (non-hydrogen) atoms. The molecule has 7 heteroatoms. The van der Waals surface area contributed by atoms with E-state index in [0.717, 1.165) is 23.1 Å². The maximum atomic E-state index is 12.6. The molecule has 1 aromatic heterocycles. The molecule has 1 unspecified atom stereocenters. The van der Waals surface area contributed by atoms with Crippen LogP contribution in [0.1, 0.15) is 56.1 Å². The summed E-state index contributed by atoms with van der Waals surface area (Å²) in [5.41, 5.74) is 3.24. The molecule has 0 saturated heterocycles. The highest BCUT2D eigenvalue weighted by Gasteiger charge is 2.22. The minimum Gasteiger partial charge on any atom is -0.325 e. The molecule has 3 aromatic rings. The van der Waals surface area contributed by atoms with Crippen LogP contribution >= 0.6 is 11.8 Å². The zero-order valence-electron chi connectivity index (χ0n) is 19.6. The van der Waals surface area contributed by atoms with Gasteiger partial charge in [-0.1, -0.05) is 75.0 Å². The number of thioether (sulfide) groups is 1. The predicted octanol–water partition coefficient (Wildman–Crippen LogP) is 5.19. The van der Waals surface area contributed by atoms with Crippen molar-refractivity contribution in [1.82, 2.24) is 19.7 Å². The van der Waals surface area contributed by atoms with Gasteiger partial charge in [-0.2, -0.15) is 0 Å². The van der Waals surface area contributed by atoms with E-state index >= 15 is 0 Å². The van der Waals surface area contributed by atoms with E-state index in [9.17, 15) is 4.79 Å². The lowest BCUT2D eigenvalue weighted by Crippen LogP contribution is -2.23. The van der Waals surface area contributed by atoms with E-state index in [1.54, 1.807) is 0 Å². The Morgan fingerprint density at radius 1 is 1.06 bits per heavy atom. The van der Waals surface area contributed by atoms with Crippen LogP contribution in [-0.4, -0.2) is 45.4 Å². The van der Waals surface area contributed by atoms with Crippen LogP contribution < -0.4 is 5.32 Å². The summed E-state index contributed by atoms with van der Waals surface area (Å²) in [4.78, 5) is 14.7. The fourth-order valence-electron chi connectivity index (χ4n) is 3.63. The van der Waals surface area contributed by atoms with Gasteiger partial charge < -0.3 is 9.88 Å². The van der Waals surface area contributed by atoms with Gasteiger partial charge in [0, 0.05) is 5.69 Å². The van der Waals surface area contributed by atoms with Crippen molar-refractivity contribution >= 4 is 23.4 Å². The molecule has 0 aliphatic rings. The molecule has 0 aliphatic heterocycles. The van der Waals surface area contributed by atoms with Gasteiger partial charge in [-0.25, -0.2) is 0 Å². The fourth-order valence-corrected chi connectivity index (χ4v) is 4.37. The zero-order chi connectivity index (χ0) is 23.1. The third kappa shape index (κ3) is 6.20. The maximum Gasteiger partial charge on any atom is 0.234 e. The largest absolute Gasteiger partial charge is 0.325 e. The Balaban J connectivity index is 1.73. The molecule has 1 N–H and O–H groups in total. The standard InChI is InChI=1S/C25H33N5OS/c1-6-22(29(4)5)24-27-28-25(30(24)16-19-10-8-7-9-11-19)32-17-23(31)26-21-14-12-20(13-15-21)18(2)3/h7-15,18,22H,6,16-17H2,1-5H3,(H,26,31). The lowest BCUT2D eigenvalue weighted by Gasteiger charge is -2.23. The predicted molar refractivity (Wildman–Crippen MR) is 132 cm³/mol. The molecule has 0 fully saturated rings. The molecule has 1 heterocycles. The van der Waals surface area contributed by atoms with E-state index in [2.05, 4.69) is 84.1 Å². The number of hydrogen-bond acceptors (Lipinski definition) is 5. The van der Waals surface area contributed by atoms with E-state index in [1.807, 2.05) is 30.3 Å². The Hall–Kier alpha value is -2.64. The molecule has 1 amide bonds. The third-order valence-corrected chi connectivity index (χ3v) is 6.40. The van der Waals surface area contributed by atoms with Gasteiger partial charge in [0.15, 0.2) is 11.0 Å². The monoisotopic (exact) mass is 451 g/mol. The van der Waals surface area contributed by atoms with Gasteiger partial charge in [-0.15, -0.1) is 10.2 Å². The van der Waals surface area contributed by atoms with Crippen molar-refractivity contribution in [2.45, 2.75) is 50.9 Å². The number of nitrogens with one attached hydrogen (secondary N) is 1. The summed E-state index contributed by atoms with van der Waals surface area (Å²) in [5, 5.41) is 12.7. The topological polar surface area (TPSA) is 63.1 Å². The molecule has 3 rings (SSSR count). The van der Waals surface area contributed by atoms with Crippen LogP contribution in [0.3, 0.4) is 0 Å². The van der Waals surface area contributed by atoms with Crippen LogP contribution in [-0.2, 0) is 11.3 Å². The number of carbonyl (C=O) groups is 1. The quantitative estimate of drug-likeness (QED) is 0.430. The number of anilines is 1. The molecule has 6 nitrogen and oxygen atoms in total. The molecular formula is C25H33N5OS. The van der Waals surface area contributed by atoms with Crippen LogP contribution in [0.2, 0.25) is 0 Å². The summed E-state index contributed by atoms with van der Waals surface area (Å²) in [5.74, 6) is 1.61. The Kier molecular flexibility index (Phi) is 8.47. The number of nitrogens with zero attached hydrogens (tertiary/aromatic N) is 4. The van der Waals surface area contributed by atoms with Gasteiger partial charge in [-0.3, -0.25) is 9.69 Å². The van der Waals surface area contributed by atoms with Gasteiger partial charge in [0.2, 0.25) is 5.91 Å². The highest BCUT2D eigenvalue weighted by atomic mass is 32.2. The summed E-state index contributed by atoms with van der Waals surface area (Å²) in [7, 11) is 4.11. The van der Waals surface area contributed by atoms with Crippen molar-refractivity contribution in [3.8, 4) is 0 Å². The van der Waals surface area contributed by atoms with Crippen molar-refractivity contribution in [1.29, 1.82) is 0 Å². The minimum absolute atomic E-state index is 0.0530. The second kappa shape index (κ2) is 11.3. The molecular weight excluding hydrogens is 418 g/mol. The van der Waals surface area contributed by atoms with Crippen LogP contribution in [0.5, 0.6) is 0 Å². The van der Waals surface area contributed by atoms with Crippen molar-refractivity contribution in [3.63, 3.8) is 0 Å². The van der Waals surface area contributed by atoms with Gasteiger partial charge in [-0.05, 0) is 49.7 Å². The number of carbonyl (C=O) groups excluding carboxylic acids is 1. The lowest BCUT2D eigenvalue weighted by atomic mass is 10.0. The average molecular weight is 452 g/mol. The van der Waals surface area contributed by atoms with Crippen molar-refractivity contribution < 1.29 is 4.79 Å². The molecule has 0 bridgehead atoms. The average Bonchev–Trinajstić information content (AvgIpc) is 3.15. The summed E-state index contributed by atoms with van der Waals surface area (Å²) >= 11 is 1.42. The summed E-state index contributed by atoms with van der Waals surface area (Å²) < 4.78 is 2.14. The fraction of sp³-hybridized carbons (Fsp3) is 0.400. The van der Waals surface area contributed by atoms with Crippen LogP contribution in [0, 0.1) is 0 Å². The smallest absolute Gasteiger partial charge is 0.234 e. The molecule has 170 valence electrons. The Labute approximate surface area is 195 Å². The maximum absolute atomic E-state index is 12.6. The minimum atomic E-state index is -0.0530. The molecule has 0 aliphatic carbocycles. The van der Waals surface area contributed by atoms with Crippen LogP contribution in [0.25, 0.3) is 0 Å². The number of amides is 1. The van der Waals surface area contributed by atoms with Gasteiger partial charge >= 0.3 is 0 Å². The second-order valence-electron chi connectivity index (χ2n) is 8.41. The van der Waals surface area contributed by atoms with Crippen LogP contribution in [0.4, 0.5) is 5.69 Å². The molecule has 0 spiro atoms. The highest BCUT2D eigenvalue weighted by molar-refractivity contribution is 7.99. The lowest BCUT2D eigenvalue weighted by molar-refractivity contribution is -0.113. The van der Waals surface area contributed by atoms with Crippen molar-refractivity contribution in [2.75, 3.05) is 25.2 Å². The molecule has 2 aromatic carbocycles. The van der Waals surface area contributed by atoms with E-state index in [1.165, 1.54) is 22.9 Å². The highest BCUT2D eigenvalue weighted by Crippen LogP contribution is 2.26. The number of aromatic nitrogens is 3. The van der Waals surface area contributed by atoms with Gasteiger partial charge in [0.1, 0.15) is 0 Å². The van der Waals surface area contributed by atoms with Gasteiger partial charge in [0.05, 0.1) is 18.3 Å². The summed E-state index contributed by atoms with van der Waals surface area (Å²) in [6, 6.07) is 18.5. The van der Waals surface area contributed by atoms with Gasteiger partial charge in [0.25, 0.3) is 0 Å². The third-order valence-electron chi connectivity index (χ3n) is 5.43. The Morgan fingerprint density at radius 2 is 1.75 bits per heavy atom. The first kappa shape index (κ1) is 24.0. The van der Waals surface area contributed by atoms with E-state index in [0.29, 0.717) is 12.5 Å².